The summed E-state index contributed by atoms with van der Waals surface area (Å²) in [6, 6.07) is 13.6. The highest BCUT2D eigenvalue weighted by Gasteiger charge is 2.03. The van der Waals surface area contributed by atoms with Crippen molar-refractivity contribution in [1.82, 2.24) is 5.32 Å². The zero-order valence-electron chi connectivity index (χ0n) is 13.6. The average Bonchev–Trinajstić information content (AvgIpc) is 2.59. The van der Waals surface area contributed by atoms with Gasteiger partial charge in [-0.1, -0.05) is 35.9 Å². The minimum atomic E-state index is -0.139. The summed E-state index contributed by atoms with van der Waals surface area (Å²) in [6.45, 7) is 2.55. The van der Waals surface area contributed by atoms with Gasteiger partial charge in [0.25, 0.3) is 0 Å². The SMILES string of the molecule is COc1ccc(C=CC(=O)NCc2ccc(C)cc2)cc1OC. The van der Waals surface area contributed by atoms with Gasteiger partial charge in [-0.05, 0) is 36.3 Å². The van der Waals surface area contributed by atoms with E-state index < -0.39 is 0 Å². The lowest BCUT2D eigenvalue weighted by molar-refractivity contribution is -0.116. The summed E-state index contributed by atoms with van der Waals surface area (Å²) in [7, 11) is 3.17. The number of amides is 1. The predicted octanol–water partition coefficient (Wildman–Crippen LogP) is 3.34. The van der Waals surface area contributed by atoms with Gasteiger partial charge in [0.15, 0.2) is 11.5 Å². The van der Waals surface area contributed by atoms with E-state index >= 15 is 0 Å². The van der Waals surface area contributed by atoms with Gasteiger partial charge in [0.2, 0.25) is 5.91 Å². The van der Waals surface area contributed by atoms with Crippen molar-refractivity contribution in [3.63, 3.8) is 0 Å². The Morgan fingerprint density at radius 2 is 1.74 bits per heavy atom. The Morgan fingerprint density at radius 1 is 1.04 bits per heavy atom. The molecule has 0 aliphatic rings. The second-order valence-electron chi connectivity index (χ2n) is 5.15. The Kier molecular flexibility index (Phi) is 5.80. The molecule has 0 atom stereocenters. The lowest BCUT2D eigenvalue weighted by atomic mass is 10.1. The maximum Gasteiger partial charge on any atom is 0.244 e. The Bertz CT molecular complexity index is 690. The summed E-state index contributed by atoms with van der Waals surface area (Å²) in [5.41, 5.74) is 3.14. The third-order valence-electron chi connectivity index (χ3n) is 3.42. The fourth-order valence-electron chi connectivity index (χ4n) is 2.08. The molecule has 0 radical (unpaired) electrons. The van der Waals surface area contributed by atoms with E-state index in [0.29, 0.717) is 18.0 Å². The smallest absolute Gasteiger partial charge is 0.244 e. The maximum absolute atomic E-state index is 11.9. The van der Waals surface area contributed by atoms with Crippen LogP contribution in [0.2, 0.25) is 0 Å². The summed E-state index contributed by atoms with van der Waals surface area (Å²) in [5, 5.41) is 2.86. The molecular weight excluding hydrogens is 290 g/mol. The highest BCUT2D eigenvalue weighted by atomic mass is 16.5. The number of ether oxygens (including phenoxy) is 2. The quantitative estimate of drug-likeness (QED) is 0.832. The van der Waals surface area contributed by atoms with Crippen LogP contribution in [0.25, 0.3) is 6.08 Å². The van der Waals surface area contributed by atoms with Gasteiger partial charge in [-0.3, -0.25) is 4.79 Å². The van der Waals surface area contributed by atoms with Crippen molar-refractivity contribution in [1.29, 1.82) is 0 Å². The standard InChI is InChI=1S/C19H21NO3/c1-14-4-6-16(7-5-14)13-20-19(21)11-9-15-8-10-17(22-2)18(12-15)23-3/h4-12H,13H2,1-3H3,(H,20,21). The molecule has 2 aromatic rings. The molecule has 0 fully saturated rings. The minimum absolute atomic E-state index is 0.139. The van der Waals surface area contributed by atoms with Gasteiger partial charge >= 0.3 is 0 Å². The molecule has 0 aliphatic heterocycles. The summed E-state index contributed by atoms with van der Waals surface area (Å²) < 4.78 is 10.4. The first-order valence-electron chi connectivity index (χ1n) is 7.36. The van der Waals surface area contributed by atoms with Crippen LogP contribution in [0.4, 0.5) is 0 Å². The Labute approximate surface area is 136 Å². The van der Waals surface area contributed by atoms with Gasteiger partial charge in [-0.2, -0.15) is 0 Å². The Hall–Kier alpha value is -2.75. The third-order valence-corrected chi connectivity index (χ3v) is 3.42. The number of carbonyl (C=O) groups excluding carboxylic acids is 1. The number of nitrogens with one attached hydrogen (secondary N) is 1. The molecule has 0 saturated heterocycles. The van der Waals surface area contributed by atoms with Crippen LogP contribution in [-0.4, -0.2) is 20.1 Å². The van der Waals surface area contributed by atoms with Crippen LogP contribution >= 0.6 is 0 Å². The molecule has 0 heterocycles. The lowest BCUT2D eigenvalue weighted by Gasteiger charge is -2.07. The van der Waals surface area contributed by atoms with E-state index in [1.807, 2.05) is 49.4 Å². The molecule has 0 unspecified atom stereocenters. The minimum Gasteiger partial charge on any atom is -0.493 e. The van der Waals surface area contributed by atoms with Crippen molar-refractivity contribution >= 4 is 12.0 Å². The zero-order chi connectivity index (χ0) is 16.7. The lowest BCUT2D eigenvalue weighted by Crippen LogP contribution is -2.20. The average molecular weight is 311 g/mol. The molecule has 2 rings (SSSR count). The van der Waals surface area contributed by atoms with Gasteiger partial charge in [0.1, 0.15) is 0 Å². The molecule has 0 saturated carbocycles. The van der Waals surface area contributed by atoms with Crippen molar-refractivity contribution < 1.29 is 14.3 Å². The normalized spacial score (nSPS) is 10.6. The fraction of sp³-hybridized carbons (Fsp3) is 0.211. The second kappa shape index (κ2) is 8.03. The van der Waals surface area contributed by atoms with E-state index in [2.05, 4.69) is 5.32 Å². The summed E-state index contributed by atoms with van der Waals surface area (Å²) >= 11 is 0. The van der Waals surface area contributed by atoms with Gasteiger partial charge < -0.3 is 14.8 Å². The number of hydrogen-bond acceptors (Lipinski definition) is 3. The summed E-state index contributed by atoms with van der Waals surface area (Å²) in [5.74, 6) is 1.16. The first-order chi connectivity index (χ1) is 11.1. The fourth-order valence-corrected chi connectivity index (χ4v) is 2.08. The maximum atomic E-state index is 11.9. The summed E-state index contributed by atoms with van der Waals surface area (Å²) in [4.78, 5) is 11.9. The van der Waals surface area contributed by atoms with Gasteiger partial charge in [-0.15, -0.1) is 0 Å². The third kappa shape index (κ3) is 4.88. The molecule has 0 spiro atoms. The van der Waals surface area contributed by atoms with Gasteiger partial charge in [0.05, 0.1) is 14.2 Å². The zero-order valence-corrected chi connectivity index (χ0v) is 13.6. The van der Waals surface area contributed by atoms with Crippen LogP contribution in [0.1, 0.15) is 16.7 Å². The molecule has 4 nitrogen and oxygen atoms in total. The van der Waals surface area contributed by atoms with Crippen LogP contribution < -0.4 is 14.8 Å². The van der Waals surface area contributed by atoms with Crippen LogP contribution in [0.3, 0.4) is 0 Å². The van der Waals surface area contributed by atoms with E-state index in [1.165, 1.54) is 11.6 Å². The number of methoxy groups -OCH3 is 2. The predicted molar refractivity (Wildman–Crippen MR) is 91.6 cm³/mol. The van der Waals surface area contributed by atoms with E-state index in [1.54, 1.807) is 20.3 Å². The Balaban J connectivity index is 1.94. The number of aryl methyl sites for hydroxylation is 1. The van der Waals surface area contributed by atoms with Crippen molar-refractivity contribution in [2.24, 2.45) is 0 Å². The molecule has 1 N–H and O–H groups in total. The van der Waals surface area contributed by atoms with Crippen molar-refractivity contribution in [3.8, 4) is 11.5 Å². The van der Waals surface area contributed by atoms with E-state index in [0.717, 1.165) is 11.1 Å². The van der Waals surface area contributed by atoms with Gasteiger partial charge in [0, 0.05) is 12.6 Å². The molecule has 2 aromatic carbocycles. The van der Waals surface area contributed by atoms with E-state index in [-0.39, 0.29) is 5.91 Å². The molecule has 23 heavy (non-hydrogen) atoms. The molecule has 4 heteroatoms. The van der Waals surface area contributed by atoms with Crippen LogP contribution in [0.15, 0.2) is 48.5 Å². The second-order valence-corrected chi connectivity index (χ2v) is 5.15. The summed E-state index contributed by atoms with van der Waals surface area (Å²) in [6.07, 6.45) is 3.25. The molecule has 120 valence electrons. The molecule has 0 aromatic heterocycles. The highest BCUT2D eigenvalue weighted by Crippen LogP contribution is 2.27. The molecular formula is C19H21NO3. The Morgan fingerprint density at radius 3 is 2.39 bits per heavy atom. The highest BCUT2D eigenvalue weighted by molar-refractivity contribution is 5.91. The van der Waals surface area contributed by atoms with Crippen LogP contribution in [0, 0.1) is 6.92 Å². The first-order valence-corrected chi connectivity index (χ1v) is 7.36. The largest absolute Gasteiger partial charge is 0.493 e. The molecule has 0 bridgehead atoms. The van der Waals surface area contributed by atoms with Crippen LogP contribution in [0.5, 0.6) is 11.5 Å². The van der Waals surface area contributed by atoms with Crippen LogP contribution in [-0.2, 0) is 11.3 Å². The first kappa shape index (κ1) is 16.6. The molecule has 0 aliphatic carbocycles. The number of carbonyl (C=O) groups is 1. The topological polar surface area (TPSA) is 47.6 Å². The monoisotopic (exact) mass is 311 g/mol. The molecule has 1 amide bonds. The number of hydrogen-bond donors (Lipinski definition) is 1. The van der Waals surface area contributed by atoms with Crippen molar-refractivity contribution in [2.75, 3.05) is 14.2 Å². The van der Waals surface area contributed by atoms with Crippen molar-refractivity contribution in [3.05, 3.63) is 65.2 Å². The van der Waals surface area contributed by atoms with Gasteiger partial charge in [-0.25, -0.2) is 0 Å². The number of rotatable bonds is 6. The number of benzene rings is 2. The van der Waals surface area contributed by atoms with E-state index in [4.69, 9.17) is 9.47 Å². The van der Waals surface area contributed by atoms with Crippen molar-refractivity contribution in [2.45, 2.75) is 13.5 Å². The van der Waals surface area contributed by atoms with E-state index in [9.17, 15) is 4.79 Å².